The lowest BCUT2D eigenvalue weighted by atomic mass is 10.1. The second-order valence-electron chi connectivity index (χ2n) is 3.49. The predicted molar refractivity (Wildman–Crippen MR) is 64.3 cm³/mol. The highest BCUT2D eigenvalue weighted by molar-refractivity contribution is 5.27. The summed E-state index contributed by atoms with van der Waals surface area (Å²) in [6.45, 7) is 1.78. The molecule has 0 amide bonds. The maximum absolute atomic E-state index is 12.7. The van der Waals surface area contributed by atoms with E-state index in [-0.39, 0.29) is 5.83 Å². The van der Waals surface area contributed by atoms with Gasteiger partial charge in [0, 0.05) is 6.42 Å². The third kappa shape index (κ3) is 4.33. The second kappa shape index (κ2) is 6.86. The van der Waals surface area contributed by atoms with Gasteiger partial charge in [-0.15, -0.1) is 0 Å². The van der Waals surface area contributed by atoms with E-state index in [1.54, 1.807) is 20.1 Å². The van der Waals surface area contributed by atoms with Gasteiger partial charge in [-0.1, -0.05) is 24.8 Å². The number of aryl methyl sites for hydroxylation is 1. The molecule has 0 radical (unpaired) electrons. The lowest BCUT2D eigenvalue weighted by Crippen LogP contribution is -1.85. The Bertz CT molecular complexity index is 372. The molecule has 0 atom stereocenters. The summed E-state index contributed by atoms with van der Waals surface area (Å²) in [4.78, 5) is 0. The number of ether oxygens (including phenoxy) is 1. The maximum Gasteiger partial charge on any atom is 0.141 e. The van der Waals surface area contributed by atoms with Crippen LogP contribution in [0.5, 0.6) is 5.75 Å². The van der Waals surface area contributed by atoms with E-state index in [0.29, 0.717) is 6.42 Å². The quantitative estimate of drug-likeness (QED) is 0.680. The average molecular weight is 220 g/mol. The van der Waals surface area contributed by atoms with Crippen LogP contribution >= 0.6 is 0 Å². The Kier molecular flexibility index (Phi) is 5.38. The fourth-order valence-electron chi connectivity index (χ4n) is 1.32. The van der Waals surface area contributed by atoms with E-state index in [0.717, 1.165) is 18.6 Å². The van der Waals surface area contributed by atoms with Crippen molar-refractivity contribution in [3.63, 3.8) is 0 Å². The molecule has 0 saturated heterocycles. The number of rotatable bonds is 5. The minimum atomic E-state index is -0.185. The minimum absolute atomic E-state index is 0.185. The molecule has 86 valence electrons. The largest absolute Gasteiger partial charge is 0.497 e. The fourth-order valence-corrected chi connectivity index (χ4v) is 1.32. The summed E-state index contributed by atoms with van der Waals surface area (Å²) in [7, 11) is 1.65. The first-order valence-electron chi connectivity index (χ1n) is 5.48. The van der Waals surface area contributed by atoms with Crippen molar-refractivity contribution in [2.24, 2.45) is 0 Å². The Balaban J connectivity index is 2.46. The zero-order valence-corrected chi connectivity index (χ0v) is 9.79. The second-order valence-corrected chi connectivity index (χ2v) is 3.49. The third-order valence-corrected chi connectivity index (χ3v) is 2.31. The fraction of sp³-hybridized carbons (Fsp3) is 0.357. The van der Waals surface area contributed by atoms with Gasteiger partial charge in [0.05, 0.1) is 7.11 Å². The van der Waals surface area contributed by atoms with Gasteiger partial charge in [0.1, 0.15) is 11.6 Å². The van der Waals surface area contributed by atoms with Gasteiger partial charge in [-0.05, 0) is 36.6 Å². The summed E-state index contributed by atoms with van der Waals surface area (Å²) in [6, 6.07) is 7.90. The molecule has 2 heteroatoms. The van der Waals surface area contributed by atoms with Crippen molar-refractivity contribution in [2.45, 2.75) is 26.2 Å². The summed E-state index contributed by atoms with van der Waals surface area (Å²) in [5.41, 5.74) is 3.84. The zero-order chi connectivity index (χ0) is 11.8. The van der Waals surface area contributed by atoms with E-state index in [1.165, 1.54) is 5.56 Å². The molecule has 1 nitrogen and oxygen atoms in total. The Morgan fingerprint density at radius 1 is 1.38 bits per heavy atom. The van der Waals surface area contributed by atoms with Crippen LogP contribution in [-0.2, 0) is 6.42 Å². The molecule has 1 aromatic carbocycles. The van der Waals surface area contributed by atoms with Gasteiger partial charge in [0.15, 0.2) is 0 Å². The van der Waals surface area contributed by atoms with Crippen molar-refractivity contribution in [1.29, 1.82) is 0 Å². The van der Waals surface area contributed by atoms with Gasteiger partial charge < -0.3 is 4.74 Å². The van der Waals surface area contributed by atoms with Crippen LogP contribution in [0.3, 0.4) is 0 Å². The SMILES string of the molecule is CCC(F)=C=CCCc1ccc(OC)cc1. The number of halogens is 1. The van der Waals surface area contributed by atoms with Crippen LogP contribution in [0.2, 0.25) is 0 Å². The van der Waals surface area contributed by atoms with Crippen LogP contribution in [-0.4, -0.2) is 7.11 Å². The molecule has 0 fully saturated rings. The summed E-state index contributed by atoms with van der Waals surface area (Å²) in [5.74, 6) is 0.672. The summed E-state index contributed by atoms with van der Waals surface area (Å²) in [6.07, 6.45) is 3.87. The monoisotopic (exact) mass is 220 g/mol. The van der Waals surface area contributed by atoms with Crippen LogP contribution in [0, 0.1) is 0 Å². The molecule has 0 spiro atoms. The van der Waals surface area contributed by atoms with Crippen molar-refractivity contribution in [3.05, 3.63) is 47.5 Å². The molecule has 0 unspecified atom stereocenters. The third-order valence-electron chi connectivity index (χ3n) is 2.31. The number of hydrogen-bond donors (Lipinski definition) is 0. The molecular weight excluding hydrogens is 203 g/mol. The van der Waals surface area contributed by atoms with Crippen molar-refractivity contribution in [2.75, 3.05) is 7.11 Å². The lowest BCUT2D eigenvalue weighted by Gasteiger charge is -2.01. The highest BCUT2D eigenvalue weighted by atomic mass is 19.1. The molecule has 0 N–H and O–H groups in total. The van der Waals surface area contributed by atoms with Gasteiger partial charge in [-0.25, -0.2) is 4.39 Å². The summed E-state index contributed by atoms with van der Waals surface area (Å²) in [5, 5.41) is 0. The lowest BCUT2D eigenvalue weighted by molar-refractivity contribution is 0.414. The van der Waals surface area contributed by atoms with Gasteiger partial charge in [0.25, 0.3) is 0 Å². The predicted octanol–water partition coefficient (Wildman–Crippen LogP) is 4.05. The van der Waals surface area contributed by atoms with E-state index in [1.807, 2.05) is 24.3 Å². The number of allylic oxidation sites excluding steroid dienone is 1. The maximum atomic E-state index is 12.7. The standard InChI is InChI=1S/C14H17FO/c1-3-13(15)7-5-4-6-12-8-10-14(16-2)11-9-12/h5,8-11H,3-4,6H2,1-2H3. The Morgan fingerprint density at radius 2 is 2.06 bits per heavy atom. The van der Waals surface area contributed by atoms with Crippen LogP contribution < -0.4 is 4.74 Å². The molecule has 0 bridgehead atoms. The van der Waals surface area contributed by atoms with Crippen molar-refractivity contribution >= 4 is 0 Å². The first-order chi connectivity index (χ1) is 7.76. The summed E-state index contributed by atoms with van der Waals surface area (Å²) < 4.78 is 17.8. The normalized spacial score (nSPS) is 9.44. The highest BCUT2D eigenvalue weighted by Gasteiger charge is 1.93. The van der Waals surface area contributed by atoms with E-state index < -0.39 is 0 Å². The highest BCUT2D eigenvalue weighted by Crippen LogP contribution is 2.12. The van der Waals surface area contributed by atoms with Crippen LogP contribution in [0.1, 0.15) is 25.3 Å². The smallest absolute Gasteiger partial charge is 0.141 e. The first kappa shape index (κ1) is 12.5. The zero-order valence-electron chi connectivity index (χ0n) is 9.79. The van der Waals surface area contributed by atoms with E-state index in [4.69, 9.17) is 4.74 Å². The van der Waals surface area contributed by atoms with Gasteiger partial charge in [-0.3, -0.25) is 0 Å². The molecule has 1 aromatic rings. The van der Waals surface area contributed by atoms with Gasteiger partial charge in [0.2, 0.25) is 0 Å². The molecule has 0 heterocycles. The molecule has 16 heavy (non-hydrogen) atoms. The molecule has 0 aromatic heterocycles. The van der Waals surface area contributed by atoms with Crippen LogP contribution in [0.25, 0.3) is 0 Å². The van der Waals surface area contributed by atoms with Gasteiger partial charge >= 0.3 is 0 Å². The van der Waals surface area contributed by atoms with E-state index in [2.05, 4.69) is 5.73 Å². The number of methoxy groups -OCH3 is 1. The van der Waals surface area contributed by atoms with Crippen LogP contribution in [0.15, 0.2) is 41.9 Å². The number of benzene rings is 1. The minimum Gasteiger partial charge on any atom is -0.497 e. The molecule has 0 aliphatic carbocycles. The molecule has 0 saturated carbocycles. The van der Waals surface area contributed by atoms with Gasteiger partial charge in [-0.2, -0.15) is 0 Å². The topological polar surface area (TPSA) is 9.23 Å². The summed E-state index contributed by atoms with van der Waals surface area (Å²) >= 11 is 0. The average Bonchev–Trinajstić information content (AvgIpc) is 2.35. The molecular formula is C14H17FO. The van der Waals surface area contributed by atoms with E-state index >= 15 is 0 Å². The Hall–Kier alpha value is -1.53. The van der Waals surface area contributed by atoms with Crippen molar-refractivity contribution < 1.29 is 9.13 Å². The van der Waals surface area contributed by atoms with E-state index in [9.17, 15) is 4.39 Å². The molecule has 0 aliphatic heterocycles. The molecule has 0 aliphatic rings. The van der Waals surface area contributed by atoms with Crippen LogP contribution in [0.4, 0.5) is 4.39 Å². The Morgan fingerprint density at radius 3 is 2.62 bits per heavy atom. The molecule has 1 rings (SSSR count). The number of hydrogen-bond acceptors (Lipinski definition) is 1. The van der Waals surface area contributed by atoms with Crippen molar-refractivity contribution in [1.82, 2.24) is 0 Å². The first-order valence-corrected chi connectivity index (χ1v) is 5.48. The Labute approximate surface area is 96.3 Å². The van der Waals surface area contributed by atoms with Crippen molar-refractivity contribution in [3.8, 4) is 5.75 Å².